The van der Waals surface area contributed by atoms with Crippen LogP contribution in [0.15, 0.2) is 0 Å². The van der Waals surface area contributed by atoms with Crippen LogP contribution in [-0.4, -0.2) is 56.1 Å². The van der Waals surface area contributed by atoms with E-state index in [4.69, 9.17) is 10.5 Å². The average Bonchev–Trinajstić information content (AvgIpc) is 2.75. The van der Waals surface area contributed by atoms with Gasteiger partial charge in [0.2, 0.25) is 11.8 Å². The van der Waals surface area contributed by atoms with E-state index in [9.17, 15) is 9.59 Å². The van der Waals surface area contributed by atoms with Gasteiger partial charge in [0.1, 0.15) is 5.54 Å². The van der Waals surface area contributed by atoms with E-state index in [0.717, 1.165) is 0 Å². The zero-order valence-electron chi connectivity index (χ0n) is 10.7. The Hall–Kier alpha value is -1.14. The first kappa shape index (κ1) is 13.9. The molecule has 2 amide bonds. The summed E-state index contributed by atoms with van der Waals surface area (Å²) in [6, 6.07) is 0. The minimum atomic E-state index is -0.919. The number of ether oxygens (including phenoxy) is 1. The lowest BCUT2D eigenvalue weighted by Gasteiger charge is -2.29. The van der Waals surface area contributed by atoms with Gasteiger partial charge in [-0.1, -0.05) is 6.92 Å². The molecule has 98 valence electrons. The predicted octanol–water partition coefficient (Wildman–Crippen LogP) is -1.06. The van der Waals surface area contributed by atoms with Crippen LogP contribution in [0.2, 0.25) is 0 Å². The zero-order chi connectivity index (χ0) is 13.1. The fourth-order valence-electron chi connectivity index (χ4n) is 1.95. The minimum Gasteiger partial charge on any atom is -0.379 e. The molecule has 1 fully saturated rings. The van der Waals surface area contributed by atoms with Crippen molar-refractivity contribution in [2.24, 2.45) is 11.7 Å². The Balaban J connectivity index is 2.55. The van der Waals surface area contributed by atoms with Gasteiger partial charge in [-0.25, -0.2) is 0 Å². The van der Waals surface area contributed by atoms with Crippen molar-refractivity contribution in [2.75, 3.05) is 33.9 Å². The molecule has 0 aliphatic carbocycles. The van der Waals surface area contributed by atoms with E-state index < -0.39 is 5.54 Å². The molecule has 1 rings (SSSR count). The molecule has 2 atom stereocenters. The Morgan fingerprint density at radius 1 is 1.59 bits per heavy atom. The summed E-state index contributed by atoms with van der Waals surface area (Å²) < 4.78 is 5.15. The Kier molecular flexibility index (Phi) is 4.47. The maximum atomic E-state index is 12.1. The van der Waals surface area contributed by atoms with Gasteiger partial charge in [-0.2, -0.15) is 0 Å². The summed E-state index contributed by atoms with van der Waals surface area (Å²) in [6.45, 7) is 2.90. The largest absolute Gasteiger partial charge is 0.379 e. The van der Waals surface area contributed by atoms with Crippen LogP contribution < -0.4 is 11.1 Å². The smallest absolute Gasteiger partial charge is 0.244 e. The van der Waals surface area contributed by atoms with E-state index >= 15 is 0 Å². The predicted molar refractivity (Wildman–Crippen MR) is 63.2 cm³/mol. The molecule has 17 heavy (non-hydrogen) atoms. The van der Waals surface area contributed by atoms with E-state index in [2.05, 4.69) is 5.32 Å². The lowest BCUT2D eigenvalue weighted by Crippen LogP contribution is -2.56. The van der Waals surface area contributed by atoms with E-state index in [1.165, 1.54) is 4.90 Å². The number of carbonyl (C=O) groups is 2. The summed E-state index contributed by atoms with van der Waals surface area (Å²) in [5, 5.41) is 2.56. The Bertz CT molecular complexity index is 300. The first-order valence-corrected chi connectivity index (χ1v) is 5.74. The van der Waals surface area contributed by atoms with Gasteiger partial charge in [-0.3, -0.25) is 9.59 Å². The average molecular weight is 243 g/mol. The Labute approximate surface area is 101 Å². The van der Waals surface area contributed by atoms with Crippen molar-refractivity contribution in [1.82, 2.24) is 10.2 Å². The lowest BCUT2D eigenvalue weighted by molar-refractivity contribution is -0.137. The van der Waals surface area contributed by atoms with Crippen LogP contribution in [0.25, 0.3) is 0 Å². The normalized spacial score (nSPS) is 25.4. The molecule has 1 aliphatic rings. The number of likely N-dealkylation sites (N-methyl/N-ethyl adjacent to an activating group) is 1. The third kappa shape index (κ3) is 3.17. The fourth-order valence-corrected chi connectivity index (χ4v) is 1.95. The molecule has 6 nitrogen and oxygen atoms in total. The van der Waals surface area contributed by atoms with E-state index in [-0.39, 0.29) is 24.3 Å². The summed E-state index contributed by atoms with van der Waals surface area (Å²) >= 11 is 0. The number of hydrogen-bond acceptors (Lipinski definition) is 4. The second kappa shape index (κ2) is 5.46. The van der Waals surface area contributed by atoms with Crippen LogP contribution in [0.4, 0.5) is 0 Å². The van der Waals surface area contributed by atoms with Gasteiger partial charge < -0.3 is 20.7 Å². The van der Waals surface area contributed by atoms with Gasteiger partial charge in [0.05, 0.1) is 12.5 Å². The van der Waals surface area contributed by atoms with Crippen molar-refractivity contribution < 1.29 is 14.3 Å². The number of hydrogen-bond donors (Lipinski definition) is 2. The summed E-state index contributed by atoms with van der Waals surface area (Å²) in [7, 11) is 3.24. The molecule has 0 aromatic carbocycles. The van der Waals surface area contributed by atoms with Crippen LogP contribution in [0.5, 0.6) is 0 Å². The molecule has 1 aliphatic heterocycles. The molecule has 0 aromatic heterocycles. The van der Waals surface area contributed by atoms with Gasteiger partial charge in [-0.15, -0.1) is 0 Å². The summed E-state index contributed by atoms with van der Waals surface area (Å²) in [5.41, 5.74) is 5.05. The molecule has 3 N–H and O–H groups in total. The van der Waals surface area contributed by atoms with Gasteiger partial charge in [-0.05, 0) is 6.42 Å². The zero-order valence-corrected chi connectivity index (χ0v) is 10.7. The number of carbonyl (C=O) groups excluding carboxylic acids is 2. The highest BCUT2D eigenvalue weighted by atomic mass is 16.5. The van der Waals surface area contributed by atoms with Crippen LogP contribution >= 0.6 is 0 Å². The Morgan fingerprint density at radius 3 is 2.71 bits per heavy atom. The van der Waals surface area contributed by atoms with Crippen LogP contribution in [0.3, 0.4) is 0 Å². The number of nitrogens with two attached hydrogens (primary N) is 1. The molecule has 0 bridgehead atoms. The van der Waals surface area contributed by atoms with Gasteiger partial charge in [0.25, 0.3) is 0 Å². The van der Waals surface area contributed by atoms with Crippen molar-refractivity contribution in [1.29, 1.82) is 0 Å². The molecular weight excluding hydrogens is 222 g/mol. The quantitative estimate of drug-likeness (QED) is 0.659. The number of amides is 2. The fraction of sp³-hybridized carbons (Fsp3) is 0.818. The summed E-state index contributed by atoms with van der Waals surface area (Å²) in [5.74, 6) is -0.496. The van der Waals surface area contributed by atoms with Crippen molar-refractivity contribution in [3.05, 3.63) is 0 Å². The van der Waals surface area contributed by atoms with Crippen LogP contribution in [-0.2, 0) is 14.3 Å². The highest BCUT2D eigenvalue weighted by Gasteiger charge is 2.40. The standard InChI is InChI=1S/C11H21N3O3/c1-8(9(15)13-2)6-14(3)10(16)11(12)4-5-17-7-11/h8H,4-7,12H2,1-3H3,(H,13,15). The first-order chi connectivity index (χ1) is 7.90. The van der Waals surface area contributed by atoms with Crippen LogP contribution in [0.1, 0.15) is 13.3 Å². The second-order valence-corrected chi connectivity index (χ2v) is 4.66. The van der Waals surface area contributed by atoms with Gasteiger partial charge in [0.15, 0.2) is 0 Å². The van der Waals surface area contributed by atoms with Gasteiger partial charge in [0, 0.05) is 27.2 Å². The lowest BCUT2D eigenvalue weighted by atomic mass is 9.98. The molecule has 1 saturated heterocycles. The maximum absolute atomic E-state index is 12.1. The number of rotatable bonds is 4. The summed E-state index contributed by atoms with van der Waals surface area (Å²) in [6.07, 6.45) is 0.532. The number of nitrogens with zero attached hydrogens (tertiary/aromatic N) is 1. The summed E-state index contributed by atoms with van der Waals surface area (Å²) in [4.78, 5) is 25.0. The molecule has 2 unspecified atom stereocenters. The monoisotopic (exact) mass is 243 g/mol. The SMILES string of the molecule is CNC(=O)C(C)CN(C)C(=O)C1(N)CCOC1. The molecular formula is C11H21N3O3. The van der Waals surface area contributed by atoms with Gasteiger partial charge >= 0.3 is 0 Å². The Morgan fingerprint density at radius 2 is 2.24 bits per heavy atom. The van der Waals surface area contributed by atoms with Crippen molar-refractivity contribution in [2.45, 2.75) is 18.9 Å². The highest BCUT2D eigenvalue weighted by molar-refractivity contribution is 5.87. The van der Waals surface area contributed by atoms with E-state index in [1.807, 2.05) is 0 Å². The third-order valence-electron chi connectivity index (χ3n) is 3.07. The second-order valence-electron chi connectivity index (χ2n) is 4.66. The topological polar surface area (TPSA) is 84.7 Å². The van der Waals surface area contributed by atoms with Crippen molar-refractivity contribution in [3.63, 3.8) is 0 Å². The highest BCUT2D eigenvalue weighted by Crippen LogP contribution is 2.18. The van der Waals surface area contributed by atoms with Crippen molar-refractivity contribution in [3.8, 4) is 0 Å². The van der Waals surface area contributed by atoms with E-state index in [1.54, 1.807) is 21.0 Å². The molecule has 0 radical (unpaired) electrons. The van der Waals surface area contributed by atoms with E-state index in [0.29, 0.717) is 19.6 Å². The molecule has 6 heteroatoms. The molecule has 0 aromatic rings. The van der Waals surface area contributed by atoms with Crippen molar-refractivity contribution >= 4 is 11.8 Å². The van der Waals surface area contributed by atoms with Crippen LogP contribution in [0, 0.1) is 5.92 Å². The number of nitrogens with one attached hydrogen (secondary N) is 1. The first-order valence-electron chi connectivity index (χ1n) is 5.74. The molecule has 1 heterocycles. The molecule has 0 saturated carbocycles. The minimum absolute atomic E-state index is 0.0848. The third-order valence-corrected chi connectivity index (χ3v) is 3.07. The molecule has 0 spiro atoms. The maximum Gasteiger partial charge on any atom is 0.244 e.